The van der Waals surface area contributed by atoms with E-state index in [2.05, 4.69) is 20.3 Å². The van der Waals surface area contributed by atoms with E-state index in [1.807, 2.05) is 13.1 Å². The number of rotatable bonds is 6. The maximum Gasteiger partial charge on any atom is 0.249 e. The number of anilines is 3. The normalized spacial score (nSPS) is 16.7. The molecule has 1 N–H and O–H groups in total. The summed E-state index contributed by atoms with van der Waals surface area (Å²) in [6.07, 6.45) is 5.54. The Kier molecular flexibility index (Phi) is 6.65. The lowest BCUT2D eigenvalue weighted by molar-refractivity contribution is -0.119. The third-order valence-electron chi connectivity index (χ3n) is 6.21. The Morgan fingerprint density at radius 3 is 2.88 bits per heavy atom. The summed E-state index contributed by atoms with van der Waals surface area (Å²) in [4.78, 5) is 25.8. The number of amides is 1. The fraction of sp³-hybridized carbons (Fsp3) is 0.391. The number of nitrogens with one attached hydrogen (secondary N) is 1. The molecule has 0 radical (unpaired) electrons. The van der Waals surface area contributed by atoms with Gasteiger partial charge in [0.2, 0.25) is 11.9 Å². The van der Waals surface area contributed by atoms with E-state index < -0.39 is 0 Å². The molecule has 3 aromatic rings. The predicted octanol–water partition coefficient (Wildman–Crippen LogP) is 2.85. The number of ether oxygens (including phenoxy) is 1. The average molecular weight is 486 g/mol. The van der Waals surface area contributed by atoms with Gasteiger partial charge < -0.3 is 19.9 Å². The molecule has 180 valence electrons. The number of aryl methyl sites for hydroxylation is 1. The van der Waals surface area contributed by atoms with Crippen LogP contribution in [0.25, 0.3) is 0 Å². The van der Waals surface area contributed by atoms with Crippen molar-refractivity contribution in [1.29, 1.82) is 0 Å². The van der Waals surface area contributed by atoms with Crippen molar-refractivity contribution in [2.75, 3.05) is 35.8 Å². The quantitative estimate of drug-likeness (QED) is 0.574. The van der Waals surface area contributed by atoms with Crippen LogP contribution in [-0.4, -0.2) is 52.4 Å². The van der Waals surface area contributed by atoms with Crippen LogP contribution in [0, 0.1) is 12.7 Å². The minimum Gasteiger partial charge on any atom is -0.494 e. The number of hydrogen-bond donors (Lipinski definition) is 1. The fourth-order valence-electron chi connectivity index (χ4n) is 4.59. The third-order valence-corrected chi connectivity index (χ3v) is 6.21. The molecule has 1 saturated heterocycles. The highest BCUT2D eigenvalue weighted by atomic mass is 32.1. The Morgan fingerprint density at radius 1 is 1.26 bits per heavy atom. The molecule has 0 bridgehead atoms. The molecule has 0 unspecified atom stereocenters. The van der Waals surface area contributed by atoms with Crippen molar-refractivity contribution in [3.05, 3.63) is 53.2 Å². The van der Waals surface area contributed by atoms with Crippen LogP contribution in [0.1, 0.15) is 29.7 Å². The Balaban J connectivity index is 0.00000274. The van der Waals surface area contributed by atoms with Crippen molar-refractivity contribution >= 4 is 36.9 Å². The van der Waals surface area contributed by atoms with Gasteiger partial charge in [-0.25, -0.2) is 9.37 Å². The van der Waals surface area contributed by atoms with Gasteiger partial charge in [0.1, 0.15) is 11.7 Å². The molecule has 34 heavy (non-hydrogen) atoms. The van der Waals surface area contributed by atoms with Crippen molar-refractivity contribution in [2.45, 2.75) is 38.9 Å². The van der Waals surface area contributed by atoms with Crippen LogP contribution >= 0.6 is 13.5 Å². The standard InChI is InChI=1S/C23H26FN7O2.H2S/c1-14-20-21(31-8-4-5-18(31)22(32)29(20)2)28-23(27-14)25-10-16-11-26-30(13-16)12-15-6-7-17(24)19(9-15)33-3;/h6-7,9,11,13,18H,4-5,8,10,12H2,1-3H3,(H,25,27,28);1H2/t18-;/m0./s1. The van der Waals surface area contributed by atoms with Gasteiger partial charge >= 0.3 is 0 Å². The lowest BCUT2D eigenvalue weighted by atomic mass is 10.1. The number of likely N-dealkylation sites (N-methyl/N-ethyl adjacent to an activating group) is 1. The summed E-state index contributed by atoms with van der Waals surface area (Å²) in [7, 11) is 3.25. The summed E-state index contributed by atoms with van der Waals surface area (Å²) < 4.78 is 20.5. The molecule has 9 nitrogen and oxygen atoms in total. The first-order chi connectivity index (χ1) is 15.9. The fourth-order valence-corrected chi connectivity index (χ4v) is 4.59. The van der Waals surface area contributed by atoms with Crippen molar-refractivity contribution in [3.63, 3.8) is 0 Å². The maximum atomic E-state index is 13.6. The SMILES string of the molecule is COc1cc(Cn2cc(CNc3nc(C)c4c(n3)N3CCC[C@H]3C(=O)N4C)cn2)ccc1F.S. The molecule has 1 amide bonds. The first-order valence-electron chi connectivity index (χ1n) is 10.9. The second kappa shape index (κ2) is 9.49. The lowest BCUT2D eigenvalue weighted by Crippen LogP contribution is -2.49. The first kappa shape index (κ1) is 23.8. The molecule has 0 saturated carbocycles. The van der Waals surface area contributed by atoms with Gasteiger partial charge in [0, 0.05) is 31.9 Å². The van der Waals surface area contributed by atoms with Gasteiger partial charge in [-0.3, -0.25) is 9.48 Å². The molecule has 5 rings (SSSR count). The van der Waals surface area contributed by atoms with E-state index >= 15 is 0 Å². The summed E-state index contributed by atoms with van der Waals surface area (Å²) in [5.41, 5.74) is 3.41. The Bertz CT molecular complexity index is 1220. The van der Waals surface area contributed by atoms with E-state index in [0.717, 1.165) is 47.7 Å². The summed E-state index contributed by atoms with van der Waals surface area (Å²) in [5.74, 6) is 1.28. The molecule has 0 spiro atoms. The van der Waals surface area contributed by atoms with E-state index in [9.17, 15) is 9.18 Å². The largest absolute Gasteiger partial charge is 0.494 e. The molecule has 1 aromatic carbocycles. The van der Waals surface area contributed by atoms with Crippen molar-refractivity contribution in [3.8, 4) is 5.75 Å². The van der Waals surface area contributed by atoms with Crippen LogP contribution in [-0.2, 0) is 17.9 Å². The number of aromatic nitrogens is 4. The highest BCUT2D eigenvalue weighted by molar-refractivity contribution is 7.59. The Morgan fingerprint density at radius 2 is 2.09 bits per heavy atom. The van der Waals surface area contributed by atoms with E-state index in [-0.39, 0.29) is 37.0 Å². The third kappa shape index (κ3) is 4.27. The lowest BCUT2D eigenvalue weighted by Gasteiger charge is -2.37. The van der Waals surface area contributed by atoms with Crippen LogP contribution in [0.15, 0.2) is 30.6 Å². The molecule has 2 aromatic heterocycles. The molecule has 0 aliphatic carbocycles. The first-order valence-corrected chi connectivity index (χ1v) is 10.9. The second-order valence-corrected chi connectivity index (χ2v) is 8.42. The van der Waals surface area contributed by atoms with Crippen LogP contribution in [0.5, 0.6) is 5.75 Å². The molecule has 2 aliphatic rings. The average Bonchev–Trinajstić information content (AvgIpc) is 3.47. The van der Waals surface area contributed by atoms with E-state index in [1.165, 1.54) is 13.2 Å². The Hall–Kier alpha value is -3.34. The molecule has 1 fully saturated rings. The minimum absolute atomic E-state index is 0. The van der Waals surface area contributed by atoms with Gasteiger partial charge in [-0.05, 0) is 37.5 Å². The molecular weight excluding hydrogens is 457 g/mol. The number of methoxy groups -OCH3 is 1. The smallest absolute Gasteiger partial charge is 0.249 e. The van der Waals surface area contributed by atoms with Crippen LogP contribution in [0.4, 0.5) is 21.8 Å². The predicted molar refractivity (Wildman–Crippen MR) is 133 cm³/mol. The molecule has 2 aliphatic heterocycles. The Labute approximate surface area is 204 Å². The van der Waals surface area contributed by atoms with Gasteiger partial charge in [-0.2, -0.15) is 23.6 Å². The number of carbonyl (C=O) groups is 1. The van der Waals surface area contributed by atoms with E-state index in [4.69, 9.17) is 9.72 Å². The maximum absolute atomic E-state index is 13.6. The molecule has 1 atom stereocenters. The van der Waals surface area contributed by atoms with Gasteiger partial charge in [0.25, 0.3) is 0 Å². The molecular formula is C23H28FN7O2S. The summed E-state index contributed by atoms with van der Waals surface area (Å²) >= 11 is 0. The zero-order valence-electron chi connectivity index (χ0n) is 19.4. The highest BCUT2D eigenvalue weighted by Crippen LogP contribution is 2.40. The number of fused-ring (bicyclic) bond motifs is 3. The molecule has 4 heterocycles. The number of benzene rings is 1. The molecule has 11 heteroatoms. The van der Waals surface area contributed by atoms with Gasteiger partial charge in [-0.1, -0.05) is 6.07 Å². The number of carbonyl (C=O) groups excluding carboxylic acids is 1. The van der Waals surface area contributed by atoms with E-state index in [0.29, 0.717) is 19.0 Å². The van der Waals surface area contributed by atoms with Gasteiger partial charge in [-0.15, -0.1) is 0 Å². The zero-order valence-corrected chi connectivity index (χ0v) is 20.4. The van der Waals surface area contributed by atoms with E-state index in [1.54, 1.807) is 35.0 Å². The summed E-state index contributed by atoms with van der Waals surface area (Å²) in [5, 5.41) is 7.69. The van der Waals surface area contributed by atoms with Crippen LogP contribution in [0.2, 0.25) is 0 Å². The number of halogens is 1. The highest BCUT2D eigenvalue weighted by Gasteiger charge is 2.41. The second-order valence-electron chi connectivity index (χ2n) is 8.42. The summed E-state index contributed by atoms with van der Waals surface area (Å²) in [6.45, 7) is 3.74. The summed E-state index contributed by atoms with van der Waals surface area (Å²) in [6, 6.07) is 4.65. The zero-order chi connectivity index (χ0) is 23.1. The minimum atomic E-state index is -0.386. The van der Waals surface area contributed by atoms with Gasteiger partial charge in [0.05, 0.1) is 25.5 Å². The van der Waals surface area contributed by atoms with Gasteiger partial charge in [0.15, 0.2) is 17.4 Å². The van der Waals surface area contributed by atoms with Crippen molar-refractivity contribution in [1.82, 2.24) is 19.7 Å². The van der Waals surface area contributed by atoms with Crippen molar-refractivity contribution < 1.29 is 13.9 Å². The van der Waals surface area contributed by atoms with Crippen LogP contribution < -0.4 is 19.9 Å². The number of nitrogens with zero attached hydrogens (tertiary/aromatic N) is 6. The number of hydrogen-bond acceptors (Lipinski definition) is 7. The van der Waals surface area contributed by atoms with Crippen LogP contribution in [0.3, 0.4) is 0 Å². The van der Waals surface area contributed by atoms with Crippen molar-refractivity contribution in [2.24, 2.45) is 0 Å². The monoisotopic (exact) mass is 485 g/mol. The topological polar surface area (TPSA) is 88.4 Å².